The van der Waals surface area contributed by atoms with Crippen molar-refractivity contribution in [3.05, 3.63) is 6.33 Å². The fraction of sp³-hybridized carbons (Fsp3) is 0.615. The van der Waals surface area contributed by atoms with E-state index in [0.717, 1.165) is 0 Å². The van der Waals surface area contributed by atoms with Crippen molar-refractivity contribution < 1.29 is 9.53 Å². The van der Waals surface area contributed by atoms with Crippen LogP contribution in [0.1, 0.15) is 13.8 Å². The minimum Gasteiger partial charge on any atom is -0.490 e. The number of anilines is 2. The van der Waals surface area contributed by atoms with Crippen LogP contribution in [0.4, 0.5) is 11.6 Å². The summed E-state index contributed by atoms with van der Waals surface area (Å²) in [6.07, 6.45) is 1.44. The molecule has 20 heavy (non-hydrogen) atoms. The number of likely N-dealkylation sites (N-methyl/N-ethyl adjacent to an activating group) is 1. The number of aromatic nitrogens is 2. The number of carbonyl (C=O) groups is 1. The minimum atomic E-state index is -0.0483. The largest absolute Gasteiger partial charge is 0.490 e. The van der Waals surface area contributed by atoms with Gasteiger partial charge in [-0.05, 0) is 5.92 Å². The average Bonchev–Trinajstić information content (AvgIpc) is 2.43. The predicted octanol–water partition coefficient (Wildman–Crippen LogP) is 0.735. The fourth-order valence-electron chi connectivity index (χ4n) is 1.67. The van der Waals surface area contributed by atoms with Gasteiger partial charge in [0.25, 0.3) is 0 Å². The molecular weight excluding hydrogens is 258 g/mol. The third-order valence-electron chi connectivity index (χ3n) is 2.68. The predicted molar refractivity (Wildman–Crippen MR) is 79.2 cm³/mol. The van der Waals surface area contributed by atoms with Crippen molar-refractivity contribution in [3.8, 4) is 5.75 Å². The van der Waals surface area contributed by atoms with Gasteiger partial charge >= 0.3 is 0 Å². The third kappa shape index (κ3) is 4.25. The minimum absolute atomic E-state index is 0.0483. The molecule has 112 valence electrons. The molecular formula is C13H23N5O2. The summed E-state index contributed by atoms with van der Waals surface area (Å²) in [5.41, 5.74) is 0. The number of rotatable bonds is 7. The van der Waals surface area contributed by atoms with E-state index in [0.29, 0.717) is 29.8 Å². The van der Waals surface area contributed by atoms with Gasteiger partial charge in [0.05, 0.1) is 13.7 Å². The van der Waals surface area contributed by atoms with Crippen molar-refractivity contribution in [2.75, 3.05) is 44.5 Å². The van der Waals surface area contributed by atoms with Crippen molar-refractivity contribution in [3.63, 3.8) is 0 Å². The number of methoxy groups -OCH3 is 1. The number of nitrogens with zero attached hydrogens (tertiary/aromatic N) is 3. The Labute approximate surface area is 119 Å². The average molecular weight is 281 g/mol. The van der Waals surface area contributed by atoms with E-state index in [-0.39, 0.29) is 12.5 Å². The lowest BCUT2D eigenvalue weighted by Gasteiger charge is -2.21. The second kappa shape index (κ2) is 7.52. The Morgan fingerprint density at radius 2 is 2.15 bits per heavy atom. The molecule has 0 aromatic carbocycles. The second-order valence-corrected chi connectivity index (χ2v) is 4.88. The smallest absolute Gasteiger partial charge is 0.239 e. The monoisotopic (exact) mass is 281 g/mol. The molecule has 0 aliphatic rings. The zero-order valence-corrected chi connectivity index (χ0v) is 12.7. The highest BCUT2D eigenvalue weighted by Gasteiger charge is 2.17. The molecule has 0 radical (unpaired) electrons. The van der Waals surface area contributed by atoms with Crippen molar-refractivity contribution in [2.24, 2.45) is 5.92 Å². The van der Waals surface area contributed by atoms with E-state index in [1.54, 1.807) is 26.1 Å². The molecule has 1 rings (SSSR count). The van der Waals surface area contributed by atoms with E-state index in [4.69, 9.17) is 4.74 Å². The number of ether oxygens (including phenoxy) is 1. The molecule has 0 saturated carbocycles. The molecule has 0 atom stereocenters. The summed E-state index contributed by atoms with van der Waals surface area (Å²) < 4.78 is 5.31. The molecule has 0 spiro atoms. The Hall–Kier alpha value is -2.05. The van der Waals surface area contributed by atoms with Crippen LogP contribution in [0.3, 0.4) is 0 Å². The lowest BCUT2D eigenvalue weighted by Crippen LogP contribution is -2.37. The SMILES string of the molecule is CNc1ncnc(N(C)CC(=O)NCC(C)C)c1OC. The highest BCUT2D eigenvalue weighted by Crippen LogP contribution is 2.30. The lowest BCUT2D eigenvalue weighted by atomic mass is 10.2. The summed E-state index contributed by atoms with van der Waals surface area (Å²) in [6, 6.07) is 0. The standard InChI is InChI=1S/C13H23N5O2/c1-9(2)6-15-10(19)7-18(4)13-11(20-5)12(14-3)16-8-17-13/h8-9H,6-7H2,1-5H3,(H,15,19)(H,14,16,17). The van der Waals surface area contributed by atoms with Crippen molar-refractivity contribution >= 4 is 17.5 Å². The Bertz CT molecular complexity index is 450. The van der Waals surface area contributed by atoms with Crippen LogP contribution in [0.15, 0.2) is 6.33 Å². The van der Waals surface area contributed by atoms with Crippen LogP contribution in [-0.2, 0) is 4.79 Å². The van der Waals surface area contributed by atoms with Crippen molar-refractivity contribution in [1.29, 1.82) is 0 Å². The number of hydrogen-bond acceptors (Lipinski definition) is 6. The highest BCUT2D eigenvalue weighted by atomic mass is 16.5. The first-order chi connectivity index (χ1) is 9.49. The van der Waals surface area contributed by atoms with E-state index in [1.165, 1.54) is 6.33 Å². The van der Waals surface area contributed by atoms with Crippen molar-refractivity contribution in [2.45, 2.75) is 13.8 Å². The number of hydrogen-bond donors (Lipinski definition) is 2. The Morgan fingerprint density at radius 3 is 2.70 bits per heavy atom. The first kappa shape index (κ1) is 16.0. The topological polar surface area (TPSA) is 79.4 Å². The first-order valence-electron chi connectivity index (χ1n) is 6.54. The summed E-state index contributed by atoms with van der Waals surface area (Å²) in [6.45, 7) is 4.98. The Morgan fingerprint density at radius 1 is 1.45 bits per heavy atom. The van der Waals surface area contributed by atoms with Crippen LogP contribution >= 0.6 is 0 Å². The van der Waals surface area contributed by atoms with Gasteiger partial charge in [-0.3, -0.25) is 4.79 Å². The van der Waals surface area contributed by atoms with Crippen LogP contribution in [-0.4, -0.2) is 50.2 Å². The summed E-state index contributed by atoms with van der Waals surface area (Å²) >= 11 is 0. The molecule has 1 aromatic heterocycles. The molecule has 7 heteroatoms. The van der Waals surface area contributed by atoms with E-state index in [9.17, 15) is 4.79 Å². The quantitative estimate of drug-likeness (QED) is 0.767. The van der Waals surface area contributed by atoms with E-state index < -0.39 is 0 Å². The zero-order valence-electron chi connectivity index (χ0n) is 12.7. The van der Waals surface area contributed by atoms with Gasteiger partial charge in [-0.2, -0.15) is 0 Å². The van der Waals surface area contributed by atoms with Crippen LogP contribution in [0.25, 0.3) is 0 Å². The fourth-order valence-corrected chi connectivity index (χ4v) is 1.67. The third-order valence-corrected chi connectivity index (χ3v) is 2.68. The van der Waals surface area contributed by atoms with Crippen LogP contribution in [0.5, 0.6) is 5.75 Å². The lowest BCUT2D eigenvalue weighted by molar-refractivity contribution is -0.119. The molecule has 2 N–H and O–H groups in total. The van der Waals surface area contributed by atoms with Gasteiger partial charge in [-0.1, -0.05) is 13.8 Å². The highest BCUT2D eigenvalue weighted by molar-refractivity contribution is 5.81. The van der Waals surface area contributed by atoms with E-state index >= 15 is 0 Å². The molecule has 0 saturated heterocycles. The van der Waals surface area contributed by atoms with Crippen LogP contribution in [0.2, 0.25) is 0 Å². The van der Waals surface area contributed by atoms with Gasteiger partial charge in [0, 0.05) is 20.6 Å². The number of nitrogens with one attached hydrogen (secondary N) is 2. The van der Waals surface area contributed by atoms with Gasteiger partial charge < -0.3 is 20.3 Å². The molecule has 0 fully saturated rings. The van der Waals surface area contributed by atoms with Gasteiger partial charge in [-0.15, -0.1) is 0 Å². The Kier molecular flexibility index (Phi) is 6.02. The molecule has 0 bridgehead atoms. The maximum absolute atomic E-state index is 11.8. The van der Waals surface area contributed by atoms with Gasteiger partial charge in [0.15, 0.2) is 11.6 Å². The number of carbonyl (C=O) groups excluding carboxylic acids is 1. The molecule has 0 unspecified atom stereocenters. The summed E-state index contributed by atoms with van der Waals surface area (Å²) in [5.74, 6) is 2.06. The van der Waals surface area contributed by atoms with E-state index in [1.807, 2.05) is 0 Å². The van der Waals surface area contributed by atoms with Crippen LogP contribution in [0, 0.1) is 5.92 Å². The number of amides is 1. The Balaban J connectivity index is 2.77. The normalized spacial score (nSPS) is 10.3. The van der Waals surface area contributed by atoms with Crippen molar-refractivity contribution in [1.82, 2.24) is 15.3 Å². The molecule has 1 amide bonds. The second-order valence-electron chi connectivity index (χ2n) is 4.88. The van der Waals surface area contributed by atoms with E-state index in [2.05, 4.69) is 34.4 Å². The zero-order chi connectivity index (χ0) is 15.1. The molecule has 0 aliphatic heterocycles. The summed E-state index contributed by atoms with van der Waals surface area (Å²) in [5, 5.41) is 5.80. The molecule has 0 aliphatic carbocycles. The van der Waals surface area contributed by atoms with Crippen LogP contribution < -0.4 is 20.3 Å². The molecule has 7 nitrogen and oxygen atoms in total. The summed E-state index contributed by atoms with van der Waals surface area (Å²) in [7, 11) is 5.10. The molecule has 1 heterocycles. The van der Waals surface area contributed by atoms with Gasteiger partial charge in [-0.25, -0.2) is 9.97 Å². The maximum Gasteiger partial charge on any atom is 0.239 e. The first-order valence-corrected chi connectivity index (χ1v) is 6.54. The van der Waals surface area contributed by atoms with Gasteiger partial charge in [0.2, 0.25) is 11.7 Å². The maximum atomic E-state index is 11.8. The summed E-state index contributed by atoms with van der Waals surface area (Å²) in [4.78, 5) is 21.8. The van der Waals surface area contributed by atoms with Gasteiger partial charge in [0.1, 0.15) is 6.33 Å². The molecule has 1 aromatic rings.